The minimum Gasteiger partial charge on any atom is -0.312 e. The van der Waals surface area contributed by atoms with E-state index in [4.69, 9.17) is 0 Å². The van der Waals surface area contributed by atoms with Crippen LogP contribution in [0.4, 0.5) is 0 Å². The fourth-order valence-corrected chi connectivity index (χ4v) is 2.12. The van der Waals surface area contributed by atoms with Crippen LogP contribution < -0.4 is 10.6 Å². The Hall–Kier alpha value is -0.860. The van der Waals surface area contributed by atoms with Gasteiger partial charge in [-0.1, -0.05) is 30.3 Å². The van der Waals surface area contributed by atoms with E-state index in [0.717, 1.165) is 13.1 Å². The molecule has 1 aliphatic heterocycles. The number of benzene rings is 1. The van der Waals surface area contributed by atoms with Crippen LogP contribution >= 0.6 is 0 Å². The van der Waals surface area contributed by atoms with Crippen LogP contribution in [-0.2, 0) is 5.54 Å². The second-order valence-corrected chi connectivity index (χ2v) is 4.70. The number of rotatable bonds is 1. The molecule has 1 fully saturated rings. The number of hydrogen-bond donors (Lipinski definition) is 2. The Morgan fingerprint density at radius 3 is 2.73 bits per heavy atom. The van der Waals surface area contributed by atoms with Crippen molar-refractivity contribution in [3.8, 4) is 0 Å². The quantitative estimate of drug-likeness (QED) is 0.730. The van der Waals surface area contributed by atoms with Crippen LogP contribution in [0.1, 0.15) is 25.8 Å². The molecule has 0 aliphatic carbocycles. The van der Waals surface area contributed by atoms with Crippen molar-refractivity contribution >= 4 is 0 Å². The van der Waals surface area contributed by atoms with Crippen LogP contribution in [0.25, 0.3) is 0 Å². The monoisotopic (exact) mass is 204 g/mol. The Morgan fingerprint density at radius 1 is 1.27 bits per heavy atom. The van der Waals surface area contributed by atoms with Gasteiger partial charge >= 0.3 is 0 Å². The maximum Gasteiger partial charge on any atom is 0.0532 e. The topological polar surface area (TPSA) is 24.1 Å². The molecular formula is C13H20N2. The summed E-state index contributed by atoms with van der Waals surface area (Å²) in [6.07, 6.45) is 1.20. The molecule has 1 aromatic carbocycles. The lowest BCUT2D eigenvalue weighted by molar-refractivity contribution is 0.374. The van der Waals surface area contributed by atoms with Gasteiger partial charge in [0.2, 0.25) is 0 Å². The summed E-state index contributed by atoms with van der Waals surface area (Å²) in [7, 11) is 0. The summed E-state index contributed by atoms with van der Waals surface area (Å²) in [5, 5.41) is 7.21. The van der Waals surface area contributed by atoms with Gasteiger partial charge in [-0.25, -0.2) is 0 Å². The predicted molar refractivity (Wildman–Crippen MR) is 63.9 cm³/mol. The average Bonchev–Trinajstić information content (AvgIpc) is 2.44. The third-order valence-electron chi connectivity index (χ3n) is 3.31. The van der Waals surface area contributed by atoms with Gasteiger partial charge < -0.3 is 10.6 Å². The van der Waals surface area contributed by atoms with Gasteiger partial charge in [0.15, 0.2) is 0 Å². The molecule has 2 nitrogen and oxygen atoms in total. The molecule has 2 atom stereocenters. The van der Waals surface area contributed by atoms with E-state index in [1.54, 1.807) is 0 Å². The number of nitrogens with one attached hydrogen (secondary N) is 2. The Balaban J connectivity index is 2.19. The zero-order valence-electron chi connectivity index (χ0n) is 9.59. The predicted octanol–water partition coefficient (Wildman–Crippen LogP) is 1.87. The van der Waals surface area contributed by atoms with Crippen LogP contribution in [0.5, 0.6) is 0 Å². The normalized spacial score (nSPS) is 32.3. The minimum absolute atomic E-state index is 0.0754. The van der Waals surface area contributed by atoms with Crippen molar-refractivity contribution in [3.05, 3.63) is 35.9 Å². The minimum atomic E-state index is 0.0754. The van der Waals surface area contributed by atoms with E-state index in [9.17, 15) is 0 Å². The molecule has 1 aliphatic rings. The van der Waals surface area contributed by atoms with Crippen LogP contribution in [0.15, 0.2) is 30.3 Å². The second-order valence-electron chi connectivity index (χ2n) is 4.70. The molecule has 2 heteroatoms. The van der Waals surface area contributed by atoms with Crippen LogP contribution in [0.2, 0.25) is 0 Å². The second kappa shape index (κ2) is 4.33. The molecule has 82 valence electrons. The summed E-state index contributed by atoms with van der Waals surface area (Å²) in [5.74, 6) is 0. The first-order valence-corrected chi connectivity index (χ1v) is 5.75. The smallest absolute Gasteiger partial charge is 0.0532 e. The van der Waals surface area contributed by atoms with E-state index in [0.29, 0.717) is 6.04 Å². The van der Waals surface area contributed by atoms with Crippen molar-refractivity contribution in [2.24, 2.45) is 0 Å². The van der Waals surface area contributed by atoms with Crippen molar-refractivity contribution in [2.75, 3.05) is 13.1 Å². The molecule has 2 unspecified atom stereocenters. The van der Waals surface area contributed by atoms with Gasteiger partial charge in [-0.2, -0.15) is 0 Å². The SMILES string of the molecule is CC1CCNC(C)(c2ccccc2)CN1. The fraction of sp³-hybridized carbons (Fsp3) is 0.538. The highest BCUT2D eigenvalue weighted by molar-refractivity contribution is 5.24. The van der Waals surface area contributed by atoms with Crippen LogP contribution in [0.3, 0.4) is 0 Å². The molecule has 1 heterocycles. The summed E-state index contributed by atoms with van der Waals surface area (Å²) in [6, 6.07) is 11.3. The third-order valence-corrected chi connectivity index (χ3v) is 3.31. The standard InChI is InChI=1S/C13H20N2/c1-11-8-9-15-13(2,10-14-11)12-6-4-3-5-7-12/h3-7,11,14-15H,8-10H2,1-2H3. The third kappa shape index (κ3) is 2.39. The molecule has 0 bridgehead atoms. The van der Waals surface area contributed by atoms with Crippen molar-refractivity contribution in [1.82, 2.24) is 10.6 Å². The van der Waals surface area contributed by atoms with E-state index in [2.05, 4.69) is 54.8 Å². The largest absolute Gasteiger partial charge is 0.312 e. The number of hydrogen-bond acceptors (Lipinski definition) is 2. The Kier molecular flexibility index (Phi) is 3.08. The fourth-order valence-electron chi connectivity index (χ4n) is 2.12. The first kappa shape index (κ1) is 10.7. The van der Waals surface area contributed by atoms with E-state index >= 15 is 0 Å². The molecule has 15 heavy (non-hydrogen) atoms. The molecule has 0 radical (unpaired) electrons. The molecule has 0 saturated carbocycles. The molecule has 1 aromatic rings. The van der Waals surface area contributed by atoms with Crippen molar-refractivity contribution in [1.29, 1.82) is 0 Å². The zero-order chi connectivity index (χ0) is 10.7. The molecule has 2 N–H and O–H groups in total. The lowest BCUT2D eigenvalue weighted by atomic mass is 9.92. The average molecular weight is 204 g/mol. The highest BCUT2D eigenvalue weighted by Gasteiger charge is 2.28. The Labute approximate surface area is 92.1 Å². The lowest BCUT2D eigenvalue weighted by Crippen LogP contribution is -2.45. The van der Waals surface area contributed by atoms with Crippen molar-refractivity contribution in [3.63, 3.8) is 0 Å². The van der Waals surface area contributed by atoms with Crippen molar-refractivity contribution in [2.45, 2.75) is 31.8 Å². The molecule has 2 rings (SSSR count). The van der Waals surface area contributed by atoms with E-state index in [-0.39, 0.29) is 5.54 Å². The van der Waals surface area contributed by atoms with Gasteiger partial charge in [-0.05, 0) is 32.4 Å². The van der Waals surface area contributed by atoms with Crippen LogP contribution in [0, 0.1) is 0 Å². The highest BCUT2D eigenvalue weighted by atomic mass is 15.1. The first-order valence-electron chi connectivity index (χ1n) is 5.75. The maximum atomic E-state index is 3.64. The van der Waals surface area contributed by atoms with Gasteiger partial charge in [-0.15, -0.1) is 0 Å². The van der Waals surface area contributed by atoms with Crippen LogP contribution in [-0.4, -0.2) is 19.1 Å². The maximum absolute atomic E-state index is 3.64. The van der Waals surface area contributed by atoms with Gasteiger partial charge in [-0.3, -0.25) is 0 Å². The van der Waals surface area contributed by atoms with Gasteiger partial charge in [0.25, 0.3) is 0 Å². The molecule has 0 amide bonds. The lowest BCUT2D eigenvalue weighted by Gasteiger charge is -2.30. The Morgan fingerprint density at radius 2 is 2.00 bits per heavy atom. The van der Waals surface area contributed by atoms with E-state index in [1.807, 2.05) is 0 Å². The Bertz CT molecular complexity index is 310. The summed E-state index contributed by atoms with van der Waals surface area (Å²) >= 11 is 0. The summed E-state index contributed by atoms with van der Waals surface area (Å²) < 4.78 is 0. The highest BCUT2D eigenvalue weighted by Crippen LogP contribution is 2.21. The molecule has 0 spiro atoms. The van der Waals surface area contributed by atoms with Crippen molar-refractivity contribution < 1.29 is 0 Å². The summed E-state index contributed by atoms with van der Waals surface area (Å²) in [6.45, 7) is 6.60. The molecule has 1 saturated heterocycles. The summed E-state index contributed by atoms with van der Waals surface area (Å²) in [5.41, 5.74) is 1.44. The zero-order valence-corrected chi connectivity index (χ0v) is 9.59. The van der Waals surface area contributed by atoms with E-state index < -0.39 is 0 Å². The van der Waals surface area contributed by atoms with Gasteiger partial charge in [0, 0.05) is 12.6 Å². The molecular weight excluding hydrogens is 184 g/mol. The van der Waals surface area contributed by atoms with Gasteiger partial charge in [0.1, 0.15) is 0 Å². The van der Waals surface area contributed by atoms with E-state index in [1.165, 1.54) is 12.0 Å². The molecule has 0 aromatic heterocycles. The first-order chi connectivity index (χ1) is 7.21. The van der Waals surface area contributed by atoms with Gasteiger partial charge in [0.05, 0.1) is 5.54 Å². The summed E-state index contributed by atoms with van der Waals surface area (Å²) in [4.78, 5) is 0.